The number of ether oxygens (including phenoxy) is 1. The lowest BCUT2D eigenvalue weighted by molar-refractivity contribution is 0.251. The highest BCUT2D eigenvalue weighted by Crippen LogP contribution is 2.22. The first-order chi connectivity index (χ1) is 9.92. The van der Waals surface area contributed by atoms with Crippen molar-refractivity contribution in [1.29, 1.82) is 0 Å². The van der Waals surface area contributed by atoms with Gasteiger partial charge < -0.3 is 4.74 Å². The maximum atomic E-state index is 5.88. The van der Waals surface area contributed by atoms with E-state index < -0.39 is 0 Å². The molecule has 0 N–H and O–H groups in total. The summed E-state index contributed by atoms with van der Waals surface area (Å²) in [4.78, 5) is 2.52. The average molecular weight is 267 g/mol. The molecule has 0 amide bonds. The Morgan fingerprint density at radius 1 is 0.900 bits per heavy atom. The average Bonchev–Trinajstić information content (AvgIpc) is 2.58. The summed E-state index contributed by atoms with van der Waals surface area (Å²) < 4.78 is 5.88. The Morgan fingerprint density at radius 2 is 1.70 bits per heavy atom. The second-order valence-electron chi connectivity index (χ2n) is 5.36. The molecule has 0 saturated heterocycles. The van der Waals surface area contributed by atoms with Crippen molar-refractivity contribution in [2.75, 3.05) is 13.2 Å². The van der Waals surface area contributed by atoms with Crippen LogP contribution in [-0.4, -0.2) is 18.1 Å². The minimum Gasteiger partial charge on any atom is -0.493 e. The fourth-order valence-electron chi connectivity index (χ4n) is 2.69. The maximum Gasteiger partial charge on any atom is 0.123 e. The van der Waals surface area contributed by atoms with Crippen LogP contribution in [-0.2, 0) is 13.1 Å². The summed E-state index contributed by atoms with van der Waals surface area (Å²) in [5.74, 6) is 1.05. The van der Waals surface area contributed by atoms with Crippen LogP contribution in [0.25, 0.3) is 0 Å². The molecule has 3 rings (SSSR count). The molecule has 0 aliphatic carbocycles. The van der Waals surface area contributed by atoms with Gasteiger partial charge in [0.05, 0.1) is 6.61 Å². The summed E-state index contributed by atoms with van der Waals surface area (Å²) >= 11 is 0. The highest BCUT2D eigenvalue weighted by atomic mass is 16.5. The number of fused-ring (bicyclic) bond motifs is 1. The van der Waals surface area contributed by atoms with Gasteiger partial charge in [0.1, 0.15) is 5.75 Å². The quantitative estimate of drug-likeness (QED) is 0.819. The monoisotopic (exact) mass is 267 g/mol. The number of hydrogen-bond acceptors (Lipinski definition) is 2. The fourth-order valence-corrected chi connectivity index (χ4v) is 2.69. The van der Waals surface area contributed by atoms with Gasteiger partial charge in [-0.2, -0.15) is 0 Å². The van der Waals surface area contributed by atoms with Crippen LogP contribution < -0.4 is 4.74 Å². The van der Waals surface area contributed by atoms with Gasteiger partial charge in [0.2, 0.25) is 0 Å². The summed E-state index contributed by atoms with van der Waals surface area (Å²) in [6, 6.07) is 19.1. The zero-order chi connectivity index (χ0) is 13.6. The van der Waals surface area contributed by atoms with Gasteiger partial charge in [0.25, 0.3) is 0 Å². The van der Waals surface area contributed by atoms with E-state index in [0.29, 0.717) is 0 Å². The molecule has 2 nitrogen and oxygen atoms in total. The van der Waals surface area contributed by atoms with Gasteiger partial charge in [-0.15, -0.1) is 0 Å². The molecule has 0 spiro atoms. The molecule has 1 aliphatic heterocycles. The van der Waals surface area contributed by atoms with Crippen molar-refractivity contribution >= 4 is 0 Å². The Morgan fingerprint density at radius 3 is 2.60 bits per heavy atom. The van der Waals surface area contributed by atoms with Crippen LogP contribution in [0.3, 0.4) is 0 Å². The summed E-state index contributed by atoms with van der Waals surface area (Å²) in [5, 5.41) is 0. The third-order valence-electron chi connectivity index (χ3n) is 3.74. The fraction of sp³-hybridized carbons (Fsp3) is 0.333. The zero-order valence-corrected chi connectivity index (χ0v) is 11.8. The van der Waals surface area contributed by atoms with Crippen molar-refractivity contribution in [2.45, 2.75) is 25.9 Å². The number of benzene rings is 2. The SMILES string of the molecule is c1ccc(CN2CCCCOc3ccccc3C2)cc1. The molecule has 104 valence electrons. The van der Waals surface area contributed by atoms with Gasteiger partial charge in [-0.05, 0) is 31.0 Å². The second kappa shape index (κ2) is 6.58. The molecular weight excluding hydrogens is 246 g/mol. The van der Waals surface area contributed by atoms with Crippen LogP contribution in [0.5, 0.6) is 5.75 Å². The van der Waals surface area contributed by atoms with Crippen molar-refractivity contribution in [1.82, 2.24) is 4.90 Å². The number of hydrogen-bond donors (Lipinski definition) is 0. The number of rotatable bonds is 2. The van der Waals surface area contributed by atoms with E-state index >= 15 is 0 Å². The molecule has 0 radical (unpaired) electrons. The smallest absolute Gasteiger partial charge is 0.123 e. The third-order valence-corrected chi connectivity index (χ3v) is 3.74. The van der Waals surface area contributed by atoms with Gasteiger partial charge in [-0.25, -0.2) is 0 Å². The van der Waals surface area contributed by atoms with E-state index in [0.717, 1.165) is 38.4 Å². The van der Waals surface area contributed by atoms with Crippen LogP contribution >= 0.6 is 0 Å². The molecule has 0 aromatic heterocycles. The first-order valence-electron chi connectivity index (χ1n) is 7.39. The first kappa shape index (κ1) is 13.2. The Hall–Kier alpha value is -1.80. The second-order valence-corrected chi connectivity index (χ2v) is 5.36. The highest BCUT2D eigenvalue weighted by Gasteiger charge is 2.12. The molecule has 0 unspecified atom stereocenters. The van der Waals surface area contributed by atoms with Crippen molar-refractivity contribution in [3.63, 3.8) is 0 Å². The van der Waals surface area contributed by atoms with E-state index in [1.54, 1.807) is 0 Å². The molecule has 2 aromatic rings. The summed E-state index contributed by atoms with van der Waals surface area (Å²) in [6.07, 6.45) is 2.32. The topological polar surface area (TPSA) is 12.5 Å². The molecule has 0 bridgehead atoms. The Labute approximate surface area is 121 Å². The Kier molecular flexibility index (Phi) is 4.34. The molecule has 20 heavy (non-hydrogen) atoms. The highest BCUT2D eigenvalue weighted by molar-refractivity contribution is 5.33. The third kappa shape index (κ3) is 3.40. The van der Waals surface area contributed by atoms with Crippen molar-refractivity contribution in [3.8, 4) is 5.75 Å². The molecule has 0 atom stereocenters. The van der Waals surface area contributed by atoms with E-state index in [-0.39, 0.29) is 0 Å². The van der Waals surface area contributed by atoms with E-state index in [2.05, 4.69) is 59.5 Å². The number of para-hydroxylation sites is 1. The summed E-state index contributed by atoms with van der Waals surface area (Å²) in [6.45, 7) is 3.93. The van der Waals surface area contributed by atoms with Crippen molar-refractivity contribution in [3.05, 3.63) is 65.7 Å². The molecule has 0 fully saturated rings. The maximum absolute atomic E-state index is 5.88. The van der Waals surface area contributed by atoms with Gasteiger partial charge >= 0.3 is 0 Å². The van der Waals surface area contributed by atoms with Crippen molar-refractivity contribution < 1.29 is 4.74 Å². The normalized spacial score (nSPS) is 16.4. The summed E-state index contributed by atoms with van der Waals surface area (Å²) in [5.41, 5.74) is 2.68. The van der Waals surface area contributed by atoms with Crippen molar-refractivity contribution in [2.24, 2.45) is 0 Å². The Balaban J connectivity index is 1.77. The molecule has 1 aliphatic rings. The summed E-state index contributed by atoms with van der Waals surface area (Å²) in [7, 11) is 0. The van der Waals surface area contributed by atoms with E-state index in [9.17, 15) is 0 Å². The molecule has 2 aromatic carbocycles. The molecule has 2 heteroatoms. The minimum absolute atomic E-state index is 0.830. The molecule has 1 heterocycles. The number of nitrogens with zero attached hydrogens (tertiary/aromatic N) is 1. The van der Waals surface area contributed by atoms with Crippen LogP contribution in [0.4, 0.5) is 0 Å². The molecule has 0 saturated carbocycles. The van der Waals surface area contributed by atoms with E-state index in [1.165, 1.54) is 17.5 Å². The minimum atomic E-state index is 0.830. The lowest BCUT2D eigenvalue weighted by atomic mass is 10.1. The molecular formula is C18H21NO. The zero-order valence-electron chi connectivity index (χ0n) is 11.8. The van der Waals surface area contributed by atoms with Crippen LogP contribution in [0.1, 0.15) is 24.0 Å². The van der Waals surface area contributed by atoms with E-state index in [4.69, 9.17) is 4.74 Å². The van der Waals surface area contributed by atoms with Crippen LogP contribution in [0.15, 0.2) is 54.6 Å². The lowest BCUT2D eigenvalue weighted by Crippen LogP contribution is -2.23. The van der Waals surface area contributed by atoms with Gasteiger partial charge in [0, 0.05) is 18.7 Å². The Bertz CT molecular complexity index is 538. The largest absolute Gasteiger partial charge is 0.493 e. The predicted octanol–water partition coefficient (Wildman–Crippen LogP) is 3.86. The van der Waals surface area contributed by atoms with Gasteiger partial charge in [0.15, 0.2) is 0 Å². The van der Waals surface area contributed by atoms with E-state index in [1.807, 2.05) is 0 Å². The lowest BCUT2D eigenvalue weighted by Gasteiger charge is -2.22. The standard InChI is InChI=1S/C18H21NO/c1-2-8-16(9-3-1)14-19-12-6-7-13-20-18-11-5-4-10-17(18)15-19/h1-5,8-11H,6-7,12-15H2. The van der Waals surface area contributed by atoms with Crippen LogP contribution in [0.2, 0.25) is 0 Å². The first-order valence-corrected chi connectivity index (χ1v) is 7.39. The van der Waals surface area contributed by atoms with Crippen LogP contribution in [0, 0.1) is 0 Å². The predicted molar refractivity (Wildman–Crippen MR) is 81.7 cm³/mol. The van der Waals surface area contributed by atoms with Gasteiger partial charge in [-0.1, -0.05) is 48.5 Å². The van der Waals surface area contributed by atoms with Gasteiger partial charge in [-0.3, -0.25) is 4.90 Å².